The van der Waals surface area contributed by atoms with Crippen molar-refractivity contribution in [3.63, 3.8) is 0 Å². The lowest BCUT2D eigenvalue weighted by Gasteiger charge is -2.19. The minimum atomic E-state index is -4.20. The maximum atomic E-state index is 12.8. The number of aliphatic hydroxyl groups excluding tert-OH is 1. The van der Waals surface area contributed by atoms with Crippen molar-refractivity contribution in [2.24, 2.45) is 0 Å². The Balaban J connectivity index is 1.51. The first-order valence-corrected chi connectivity index (χ1v) is 12.0. The van der Waals surface area contributed by atoms with Gasteiger partial charge in [-0.3, -0.25) is 4.79 Å². The molecule has 0 bridgehead atoms. The molecule has 2 aromatic rings. The fraction of sp³-hybridized carbons (Fsp3) is 0.368. The number of benzene rings is 1. The molecule has 1 aliphatic heterocycles. The van der Waals surface area contributed by atoms with E-state index in [4.69, 9.17) is 16.3 Å². The normalized spacial score (nSPS) is 20.1. The second kappa shape index (κ2) is 7.99. The van der Waals surface area contributed by atoms with E-state index >= 15 is 0 Å². The van der Waals surface area contributed by atoms with Gasteiger partial charge in [0.2, 0.25) is 0 Å². The van der Waals surface area contributed by atoms with E-state index in [1.807, 2.05) is 0 Å². The first-order valence-electron chi connectivity index (χ1n) is 9.30. The summed E-state index contributed by atoms with van der Waals surface area (Å²) in [6.45, 7) is 0.962. The maximum absolute atomic E-state index is 12.8. The average Bonchev–Trinajstić information content (AvgIpc) is 3.36. The Labute approximate surface area is 187 Å². The van der Waals surface area contributed by atoms with Crippen molar-refractivity contribution in [1.82, 2.24) is 9.71 Å². The molecule has 11 heteroatoms. The van der Waals surface area contributed by atoms with Crippen LogP contribution in [0.4, 0.5) is 5.82 Å². The third-order valence-corrected chi connectivity index (χ3v) is 7.14. The number of carbonyl (C=O) groups is 1. The number of nitrogens with one attached hydrogen (secondary N) is 1. The number of sulfonamides is 1. The van der Waals surface area contributed by atoms with Gasteiger partial charge in [0.05, 0.1) is 10.6 Å². The minimum absolute atomic E-state index is 0.269. The summed E-state index contributed by atoms with van der Waals surface area (Å²) in [4.78, 5) is 18.7. The van der Waals surface area contributed by atoms with E-state index < -0.39 is 27.6 Å². The molecule has 160 valence electrons. The van der Waals surface area contributed by atoms with E-state index in [9.17, 15) is 18.3 Å². The molecule has 1 atom stereocenters. The van der Waals surface area contributed by atoms with Crippen molar-refractivity contribution >= 4 is 49.3 Å². The Morgan fingerprint density at radius 3 is 2.77 bits per heavy atom. The Morgan fingerprint density at radius 2 is 2.10 bits per heavy atom. The van der Waals surface area contributed by atoms with Gasteiger partial charge >= 0.3 is 0 Å². The van der Waals surface area contributed by atoms with Gasteiger partial charge in [0.15, 0.2) is 10.6 Å². The minimum Gasteiger partial charge on any atom is -0.476 e. The van der Waals surface area contributed by atoms with Crippen LogP contribution in [0.15, 0.2) is 45.9 Å². The van der Waals surface area contributed by atoms with Crippen LogP contribution in [0.3, 0.4) is 0 Å². The lowest BCUT2D eigenvalue weighted by molar-refractivity contribution is -0.127. The topological polar surface area (TPSA) is 109 Å². The Bertz CT molecular complexity index is 1090. The molecule has 2 aliphatic rings. The highest BCUT2D eigenvalue weighted by atomic mass is 79.9. The second-order valence-corrected chi connectivity index (χ2v) is 10.2. The van der Waals surface area contributed by atoms with Gasteiger partial charge < -0.3 is 14.7 Å². The smallest absolute Gasteiger partial charge is 0.281 e. The fourth-order valence-electron chi connectivity index (χ4n) is 3.20. The SMILES string of the molecule is O=C(NS(=O)(=O)c1cccc(N2CC[C@H](O)C2)n1)C1(Oc2cc(Cl)ccc2Br)CC1. The van der Waals surface area contributed by atoms with Gasteiger partial charge in [-0.1, -0.05) is 17.7 Å². The predicted octanol–water partition coefficient (Wildman–Crippen LogP) is 2.49. The lowest BCUT2D eigenvalue weighted by Crippen LogP contribution is -2.43. The van der Waals surface area contributed by atoms with Gasteiger partial charge in [-0.25, -0.2) is 9.71 Å². The summed E-state index contributed by atoms with van der Waals surface area (Å²) in [5.74, 6) is 0.0422. The molecule has 0 radical (unpaired) electrons. The Hall–Kier alpha value is -1.88. The number of halogens is 2. The van der Waals surface area contributed by atoms with Gasteiger partial charge in [0.25, 0.3) is 15.9 Å². The standard InChI is InChI=1S/C19H19BrClN3O5S/c20-14-5-4-12(21)10-15(14)29-19(7-8-19)18(26)23-30(27,28)17-3-1-2-16(22-17)24-9-6-13(25)11-24/h1-5,10,13,25H,6-9,11H2,(H,23,26)/t13-/m0/s1. The summed E-state index contributed by atoms with van der Waals surface area (Å²) < 4.78 is 34.1. The molecule has 2 heterocycles. The van der Waals surface area contributed by atoms with Gasteiger partial charge in [0, 0.05) is 31.0 Å². The number of carbonyl (C=O) groups excluding carboxylic acids is 1. The highest BCUT2D eigenvalue weighted by Crippen LogP contribution is 2.43. The number of aromatic nitrogens is 1. The van der Waals surface area contributed by atoms with Crippen LogP contribution in [-0.4, -0.2) is 49.2 Å². The van der Waals surface area contributed by atoms with Crippen LogP contribution < -0.4 is 14.4 Å². The van der Waals surface area contributed by atoms with Crippen LogP contribution in [0.1, 0.15) is 19.3 Å². The van der Waals surface area contributed by atoms with Crippen molar-refractivity contribution in [3.8, 4) is 5.75 Å². The van der Waals surface area contributed by atoms with E-state index in [-0.39, 0.29) is 5.03 Å². The Morgan fingerprint density at radius 1 is 1.33 bits per heavy atom. The van der Waals surface area contributed by atoms with Crippen LogP contribution >= 0.6 is 27.5 Å². The van der Waals surface area contributed by atoms with Crippen molar-refractivity contribution in [2.75, 3.05) is 18.0 Å². The molecule has 4 rings (SSSR count). The van der Waals surface area contributed by atoms with Gasteiger partial charge in [-0.2, -0.15) is 8.42 Å². The monoisotopic (exact) mass is 515 g/mol. The number of pyridine rings is 1. The predicted molar refractivity (Wildman–Crippen MR) is 114 cm³/mol. The van der Waals surface area contributed by atoms with Crippen LogP contribution in [0, 0.1) is 0 Å². The van der Waals surface area contributed by atoms with Crippen LogP contribution in [-0.2, 0) is 14.8 Å². The number of rotatable bonds is 6. The van der Waals surface area contributed by atoms with Gasteiger partial charge in [-0.15, -0.1) is 0 Å². The molecule has 0 unspecified atom stereocenters. The number of hydrogen-bond donors (Lipinski definition) is 2. The number of hydrogen-bond acceptors (Lipinski definition) is 7. The summed E-state index contributed by atoms with van der Waals surface area (Å²) in [7, 11) is -4.20. The lowest BCUT2D eigenvalue weighted by atomic mass is 10.3. The molecule has 8 nitrogen and oxygen atoms in total. The molecule has 1 aromatic heterocycles. The number of ether oxygens (including phenoxy) is 1. The second-order valence-electron chi connectivity index (χ2n) is 7.33. The third kappa shape index (κ3) is 4.41. The molecule has 2 N–H and O–H groups in total. The quantitative estimate of drug-likeness (QED) is 0.607. The van der Waals surface area contributed by atoms with Crippen LogP contribution in [0.25, 0.3) is 0 Å². The summed E-state index contributed by atoms with van der Waals surface area (Å²) in [6.07, 6.45) is 0.886. The molecule has 0 spiro atoms. The molecule has 1 saturated heterocycles. The zero-order valence-electron chi connectivity index (χ0n) is 15.7. The number of β-amino-alcohol motifs (C(OH)–C–C–N with tert-alkyl or cyclic N) is 1. The van der Waals surface area contributed by atoms with E-state index in [0.717, 1.165) is 0 Å². The van der Waals surface area contributed by atoms with E-state index in [1.165, 1.54) is 6.07 Å². The van der Waals surface area contributed by atoms with Gasteiger partial charge in [-0.05, 0) is 52.7 Å². The Kier molecular flexibility index (Phi) is 5.69. The number of nitrogens with zero attached hydrogens (tertiary/aromatic N) is 2. The summed E-state index contributed by atoms with van der Waals surface area (Å²) in [5.41, 5.74) is -1.27. The molecule has 1 amide bonds. The zero-order chi connectivity index (χ0) is 21.5. The van der Waals surface area contributed by atoms with Crippen LogP contribution in [0.2, 0.25) is 5.02 Å². The molecule has 1 aromatic carbocycles. The van der Waals surface area contributed by atoms with Crippen molar-refractivity contribution < 1.29 is 23.1 Å². The highest BCUT2D eigenvalue weighted by Gasteiger charge is 2.54. The molecule has 2 fully saturated rings. The van der Waals surface area contributed by atoms with E-state index in [1.54, 1.807) is 35.2 Å². The zero-order valence-corrected chi connectivity index (χ0v) is 18.9. The first kappa shape index (κ1) is 21.4. The third-order valence-electron chi connectivity index (χ3n) is 5.02. The molecular formula is C19H19BrClN3O5S. The number of aliphatic hydroxyl groups is 1. The highest BCUT2D eigenvalue weighted by molar-refractivity contribution is 9.10. The fourth-order valence-corrected chi connectivity index (χ4v) is 4.70. The van der Waals surface area contributed by atoms with Crippen molar-refractivity contribution in [2.45, 2.75) is 36.0 Å². The first-order chi connectivity index (χ1) is 14.2. The summed E-state index contributed by atoms with van der Waals surface area (Å²) >= 11 is 9.32. The average molecular weight is 517 g/mol. The van der Waals surface area contributed by atoms with Crippen molar-refractivity contribution in [1.29, 1.82) is 0 Å². The van der Waals surface area contributed by atoms with E-state index in [2.05, 4.69) is 25.6 Å². The number of amides is 1. The van der Waals surface area contributed by atoms with Crippen molar-refractivity contribution in [3.05, 3.63) is 45.9 Å². The van der Waals surface area contributed by atoms with Gasteiger partial charge in [0.1, 0.15) is 11.6 Å². The number of anilines is 1. The molecule has 30 heavy (non-hydrogen) atoms. The molecule has 1 aliphatic carbocycles. The van der Waals surface area contributed by atoms with E-state index in [0.29, 0.717) is 53.4 Å². The largest absolute Gasteiger partial charge is 0.476 e. The summed E-state index contributed by atoms with van der Waals surface area (Å²) in [6, 6.07) is 9.45. The van der Waals surface area contributed by atoms with Crippen LogP contribution in [0.5, 0.6) is 5.75 Å². The summed E-state index contributed by atoms with van der Waals surface area (Å²) in [5, 5.41) is 9.86. The molecular weight excluding hydrogens is 498 g/mol. The maximum Gasteiger partial charge on any atom is 0.281 e. The molecule has 1 saturated carbocycles.